The van der Waals surface area contributed by atoms with Gasteiger partial charge in [-0.25, -0.2) is 14.4 Å². The Morgan fingerprint density at radius 1 is 0.745 bits per heavy atom. The first-order chi connectivity index (χ1) is 22.1. The molecule has 258 valence electrons. The molecule has 1 unspecified atom stereocenters. The number of hydrogen-bond acceptors (Lipinski definition) is 7. The zero-order valence-electron chi connectivity index (χ0n) is 28.4. The highest BCUT2D eigenvalue weighted by Gasteiger charge is 2.34. The number of carboxylic acid groups (broad SMARTS) is 1. The number of benzene rings is 2. The van der Waals surface area contributed by atoms with Crippen LogP contribution in [0, 0.1) is 11.8 Å². The van der Waals surface area contributed by atoms with E-state index in [2.05, 4.69) is 21.3 Å². The summed E-state index contributed by atoms with van der Waals surface area (Å²) in [5, 5.41) is 20.4. The molecule has 0 heterocycles. The van der Waals surface area contributed by atoms with Crippen molar-refractivity contribution >= 4 is 30.0 Å². The maximum absolute atomic E-state index is 13.6. The highest BCUT2D eigenvalue weighted by atomic mass is 16.6. The first-order valence-corrected chi connectivity index (χ1v) is 15.9. The molecule has 2 rings (SSSR count). The minimum absolute atomic E-state index is 0.0225. The molecule has 12 heteroatoms. The van der Waals surface area contributed by atoms with Gasteiger partial charge in [-0.05, 0) is 50.2 Å². The van der Waals surface area contributed by atoms with Crippen LogP contribution in [-0.4, -0.2) is 64.8 Å². The molecule has 5 N–H and O–H groups in total. The van der Waals surface area contributed by atoms with Crippen LogP contribution in [0.1, 0.15) is 72.4 Å². The molecule has 0 radical (unpaired) electrons. The number of amides is 4. The number of carbonyl (C=O) groups excluding carboxylic acids is 4. The summed E-state index contributed by atoms with van der Waals surface area (Å²) in [6, 6.07) is 14.2. The number of carbonyl (C=O) groups is 5. The van der Waals surface area contributed by atoms with Gasteiger partial charge < -0.3 is 35.8 Å². The third-order valence-corrected chi connectivity index (χ3v) is 7.45. The van der Waals surface area contributed by atoms with E-state index in [1.807, 2.05) is 55.5 Å². The Kier molecular flexibility index (Phi) is 15.2. The van der Waals surface area contributed by atoms with Crippen molar-refractivity contribution in [2.45, 2.75) is 104 Å². The number of nitrogens with one attached hydrogen (secondary N) is 4. The maximum atomic E-state index is 13.6. The smallest absolute Gasteiger partial charge is 0.407 e. The summed E-state index contributed by atoms with van der Waals surface area (Å²) in [7, 11) is 0. The predicted octanol–water partition coefficient (Wildman–Crippen LogP) is 4.56. The fourth-order valence-electron chi connectivity index (χ4n) is 4.72. The molecular weight excluding hydrogens is 604 g/mol. The van der Waals surface area contributed by atoms with Gasteiger partial charge in [0.05, 0.1) is 12.1 Å². The molecule has 0 aliphatic rings. The molecule has 0 aliphatic heterocycles. The highest BCUT2D eigenvalue weighted by molar-refractivity contribution is 5.91. The SMILES string of the molecule is CC[C@H](C)[C@H](NC(=O)CC(NC(=O)OCc1ccccc1)[C@H](Cc1ccccc1)NC(=O)OC(C)(C)C)C(=O)N[C@H](C(=O)O)C(C)C. The number of aliphatic carboxylic acids is 1. The number of rotatable bonds is 16. The van der Waals surface area contributed by atoms with Crippen LogP contribution in [0.4, 0.5) is 9.59 Å². The van der Waals surface area contributed by atoms with Gasteiger partial charge in [-0.15, -0.1) is 0 Å². The van der Waals surface area contributed by atoms with E-state index >= 15 is 0 Å². The molecule has 0 aliphatic carbocycles. The largest absolute Gasteiger partial charge is 0.480 e. The summed E-state index contributed by atoms with van der Waals surface area (Å²) in [5.41, 5.74) is 0.772. The minimum Gasteiger partial charge on any atom is -0.480 e. The molecule has 47 heavy (non-hydrogen) atoms. The van der Waals surface area contributed by atoms with Crippen LogP contribution in [0.3, 0.4) is 0 Å². The zero-order valence-corrected chi connectivity index (χ0v) is 28.4. The van der Waals surface area contributed by atoms with Crippen LogP contribution in [0.15, 0.2) is 60.7 Å². The Balaban J connectivity index is 2.38. The fourth-order valence-corrected chi connectivity index (χ4v) is 4.72. The lowest BCUT2D eigenvalue weighted by atomic mass is 9.94. The van der Waals surface area contributed by atoms with Gasteiger partial charge in [0, 0.05) is 6.42 Å². The maximum Gasteiger partial charge on any atom is 0.407 e. The van der Waals surface area contributed by atoms with Crippen molar-refractivity contribution in [3.63, 3.8) is 0 Å². The van der Waals surface area contributed by atoms with Crippen molar-refractivity contribution in [3.8, 4) is 0 Å². The lowest BCUT2D eigenvalue weighted by molar-refractivity contribution is -0.143. The normalized spacial score (nSPS) is 14.5. The molecule has 4 amide bonds. The molecule has 0 saturated heterocycles. The summed E-state index contributed by atoms with van der Waals surface area (Å²) < 4.78 is 10.9. The molecule has 0 saturated carbocycles. The Hall–Kier alpha value is -4.61. The second kappa shape index (κ2) is 18.5. The number of alkyl carbamates (subject to hydrolysis) is 2. The van der Waals surface area contributed by atoms with Crippen molar-refractivity contribution in [1.82, 2.24) is 21.3 Å². The second-order valence-corrected chi connectivity index (χ2v) is 13.0. The third-order valence-electron chi connectivity index (χ3n) is 7.45. The molecule has 2 aromatic carbocycles. The van der Waals surface area contributed by atoms with Gasteiger partial charge in [-0.2, -0.15) is 0 Å². The van der Waals surface area contributed by atoms with Gasteiger partial charge >= 0.3 is 18.2 Å². The van der Waals surface area contributed by atoms with Crippen molar-refractivity contribution in [3.05, 3.63) is 71.8 Å². The summed E-state index contributed by atoms with van der Waals surface area (Å²) in [6.45, 7) is 12.1. The Morgan fingerprint density at radius 2 is 1.30 bits per heavy atom. The van der Waals surface area contributed by atoms with Crippen LogP contribution in [0.25, 0.3) is 0 Å². The van der Waals surface area contributed by atoms with E-state index in [1.165, 1.54) is 0 Å². The van der Waals surface area contributed by atoms with E-state index in [9.17, 15) is 29.1 Å². The van der Waals surface area contributed by atoms with E-state index in [-0.39, 0.29) is 25.4 Å². The third kappa shape index (κ3) is 14.1. The van der Waals surface area contributed by atoms with Crippen molar-refractivity contribution in [1.29, 1.82) is 0 Å². The van der Waals surface area contributed by atoms with Crippen molar-refractivity contribution in [2.24, 2.45) is 11.8 Å². The minimum atomic E-state index is -1.18. The van der Waals surface area contributed by atoms with Crippen LogP contribution in [0.2, 0.25) is 0 Å². The molecule has 0 aromatic heterocycles. The zero-order chi connectivity index (χ0) is 35.1. The van der Waals surface area contributed by atoms with Crippen LogP contribution >= 0.6 is 0 Å². The highest BCUT2D eigenvalue weighted by Crippen LogP contribution is 2.15. The summed E-state index contributed by atoms with van der Waals surface area (Å²) in [6.07, 6.45) is -1.16. The average molecular weight is 655 g/mol. The monoisotopic (exact) mass is 654 g/mol. The Bertz CT molecular complexity index is 1310. The van der Waals surface area contributed by atoms with Crippen molar-refractivity contribution in [2.75, 3.05) is 0 Å². The first-order valence-electron chi connectivity index (χ1n) is 15.9. The van der Waals surface area contributed by atoms with Crippen LogP contribution < -0.4 is 21.3 Å². The quantitative estimate of drug-likeness (QED) is 0.175. The van der Waals surface area contributed by atoms with Gasteiger partial charge in [0.25, 0.3) is 0 Å². The Labute approximate surface area is 277 Å². The fraction of sp³-hybridized carbons (Fsp3) is 0.514. The summed E-state index contributed by atoms with van der Waals surface area (Å²) >= 11 is 0. The summed E-state index contributed by atoms with van der Waals surface area (Å²) in [4.78, 5) is 64.7. The standard InChI is InChI=1S/C35H50N4O8/c1-8-23(4)30(31(41)39-29(22(2)3)32(42)43)38-28(40)20-27(36-33(44)46-21-25-17-13-10-14-18-25)26(19-24-15-11-9-12-16-24)37-34(45)47-35(5,6)7/h9-18,22-23,26-27,29-30H,8,19-21H2,1-7H3,(H,36,44)(H,37,45)(H,38,40)(H,39,41)(H,42,43)/t23-,26-,27?,29-,30-/m0/s1. The van der Waals surface area contributed by atoms with E-state index in [0.29, 0.717) is 6.42 Å². The van der Waals surface area contributed by atoms with E-state index in [1.54, 1.807) is 53.7 Å². The molecule has 0 fully saturated rings. The van der Waals surface area contributed by atoms with E-state index in [0.717, 1.165) is 11.1 Å². The van der Waals surface area contributed by atoms with E-state index in [4.69, 9.17) is 9.47 Å². The van der Waals surface area contributed by atoms with Gasteiger partial charge in [-0.1, -0.05) is 94.8 Å². The molecule has 0 bridgehead atoms. The van der Waals surface area contributed by atoms with Gasteiger partial charge in [0.1, 0.15) is 24.3 Å². The number of hydrogen-bond donors (Lipinski definition) is 5. The molecule has 5 atom stereocenters. The molecule has 0 spiro atoms. The topological polar surface area (TPSA) is 172 Å². The van der Waals surface area contributed by atoms with Gasteiger partial charge in [-0.3, -0.25) is 9.59 Å². The van der Waals surface area contributed by atoms with E-state index < -0.39 is 65.7 Å². The van der Waals surface area contributed by atoms with Crippen LogP contribution in [0.5, 0.6) is 0 Å². The molecule has 12 nitrogen and oxygen atoms in total. The average Bonchev–Trinajstić information content (AvgIpc) is 3.00. The lowest BCUT2D eigenvalue weighted by Crippen LogP contribution is -2.58. The molecular formula is C35H50N4O8. The lowest BCUT2D eigenvalue weighted by Gasteiger charge is -2.31. The first kappa shape index (κ1) is 38.6. The van der Waals surface area contributed by atoms with Crippen molar-refractivity contribution < 1.29 is 38.6 Å². The number of ether oxygens (including phenoxy) is 2. The molecule has 2 aromatic rings. The second-order valence-electron chi connectivity index (χ2n) is 13.0. The van der Waals surface area contributed by atoms with Gasteiger partial charge in [0.2, 0.25) is 11.8 Å². The number of carboxylic acids is 1. The Morgan fingerprint density at radius 3 is 1.81 bits per heavy atom. The summed E-state index contributed by atoms with van der Waals surface area (Å²) in [5.74, 6) is -3.15. The van der Waals surface area contributed by atoms with Gasteiger partial charge in [0.15, 0.2) is 0 Å². The predicted molar refractivity (Wildman–Crippen MR) is 177 cm³/mol. The van der Waals surface area contributed by atoms with Crippen LogP contribution in [-0.2, 0) is 36.9 Å².